The number of fused-ring (bicyclic) bond motifs is 2. The van der Waals surface area contributed by atoms with Crippen LogP contribution in [0.2, 0.25) is 5.15 Å². The first kappa shape index (κ1) is 16.5. The SMILES string of the molecule is C=N/N=C1/c2cc(-c3ccc(F)cc3)cn2Cc2cc(Cl)ncc2N1C. The Morgan fingerprint density at radius 1 is 1.19 bits per heavy atom. The third kappa shape index (κ3) is 2.78. The van der Waals surface area contributed by atoms with Gasteiger partial charge in [-0.3, -0.25) is 0 Å². The van der Waals surface area contributed by atoms with E-state index in [9.17, 15) is 4.39 Å². The maximum atomic E-state index is 13.2. The zero-order valence-corrected chi connectivity index (χ0v) is 14.8. The topological polar surface area (TPSA) is 45.8 Å². The van der Waals surface area contributed by atoms with Gasteiger partial charge in [-0.2, -0.15) is 5.10 Å². The second-order valence-electron chi connectivity index (χ2n) is 6.01. The molecule has 0 amide bonds. The number of anilines is 1. The summed E-state index contributed by atoms with van der Waals surface area (Å²) < 4.78 is 15.3. The first-order valence-corrected chi connectivity index (χ1v) is 8.33. The van der Waals surface area contributed by atoms with Crippen LogP contribution in [-0.2, 0) is 6.54 Å². The molecule has 0 saturated carbocycles. The van der Waals surface area contributed by atoms with Crippen molar-refractivity contribution in [1.82, 2.24) is 9.55 Å². The molecule has 0 saturated heterocycles. The minimum atomic E-state index is -0.261. The van der Waals surface area contributed by atoms with Crippen LogP contribution in [0, 0.1) is 5.82 Å². The molecule has 0 spiro atoms. The van der Waals surface area contributed by atoms with E-state index in [1.54, 1.807) is 18.3 Å². The van der Waals surface area contributed by atoms with Crippen LogP contribution >= 0.6 is 11.6 Å². The van der Waals surface area contributed by atoms with Gasteiger partial charge in [0.15, 0.2) is 5.84 Å². The molecule has 7 heteroatoms. The first-order valence-electron chi connectivity index (χ1n) is 7.95. The summed E-state index contributed by atoms with van der Waals surface area (Å²) in [6.45, 7) is 4.09. The van der Waals surface area contributed by atoms with Crippen LogP contribution in [0.4, 0.5) is 10.1 Å². The molecule has 130 valence electrons. The number of pyridine rings is 1. The molecule has 0 unspecified atom stereocenters. The first-order chi connectivity index (χ1) is 12.6. The fourth-order valence-electron chi connectivity index (χ4n) is 3.17. The Kier molecular flexibility index (Phi) is 4.05. The molecule has 1 aliphatic heterocycles. The summed E-state index contributed by atoms with van der Waals surface area (Å²) in [4.78, 5) is 6.09. The molecule has 3 heterocycles. The van der Waals surface area contributed by atoms with Crippen LogP contribution < -0.4 is 4.90 Å². The maximum Gasteiger partial charge on any atom is 0.179 e. The van der Waals surface area contributed by atoms with E-state index >= 15 is 0 Å². The van der Waals surface area contributed by atoms with Crippen molar-refractivity contribution in [1.29, 1.82) is 0 Å². The number of benzene rings is 1. The molecule has 26 heavy (non-hydrogen) atoms. The van der Waals surface area contributed by atoms with Crippen molar-refractivity contribution in [3.63, 3.8) is 0 Å². The van der Waals surface area contributed by atoms with Gasteiger partial charge < -0.3 is 9.47 Å². The standard InChI is InChI=1S/C19H15ClFN5/c1-22-24-19-16-7-13(12-3-5-15(21)6-4-12)10-26(16)11-14-8-18(20)23-9-17(14)25(19)2/h3-10H,1,11H2,2H3/b24-19-. The van der Waals surface area contributed by atoms with E-state index in [-0.39, 0.29) is 5.82 Å². The van der Waals surface area contributed by atoms with E-state index in [1.807, 2.05) is 30.3 Å². The molecule has 0 N–H and O–H groups in total. The van der Waals surface area contributed by atoms with E-state index in [2.05, 4.69) is 26.5 Å². The summed E-state index contributed by atoms with van der Waals surface area (Å²) in [7, 11) is 1.90. The van der Waals surface area contributed by atoms with E-state index in [0.717, 1.165) is 28.1 Å². The average molecular weight is 368 g/mol. The summed E-state index contributed by atoms with van der Waals surface area (Å²) in [6, 6.07) is 10.3. The molecule has 4 rings (SSSR count). The van der Waals surface area contributed by atoms with Crippen molar-refractivity contribution >= 4 is 29.8 Å². The predicted octanol–water partition coefficient (Wildman–Crippen LogP) is 4.20. The van der Waals surface area contributed by atoms with Crippen LogP contribution in [0.1, 0.15) is 11.3 Å². The quantitative estimate of drug-likeness (QED) is 0.387. The smallest absolute Gasteiger partial charge is 0.179 e. The summed E-state index contributed by atoms with van der Waals surface area (Å²) >= 11 is 6.09. The van der Waals surface area contributed by atoms with Crippen molar-refractivity contribution in [3.05, 3.63) is 71.0 Å². The van der Waals surface area contributed by atoms with Gasteiger partial charge in [0.2, 0.25) is 0 Å². The Balaban J connectivity index is 1.89. The second kappa shape index (κ2) is 6.38. The van der Waals surface area contributed by atoms with Gasteiger partial charge in [0.1, 0.15) is 11.0 Å². The van der Waals surface area contributed by atoms with E-state index in [0.29, 0.717) is 17.5 Å². The monoisotopic (exact) mass is 367 g/mol. The van der Waals surface area contributed by atoms with Gasteiger partial charge in [-0.1, -0.05) is 23.7 Å². The highest BCUT2D eigenvalue weighted by molar-refractivity contribution is 6.29. The zero-order chi connectivity index (χ0) is 18.3. The Morgan fingerprint density at radius 2 is 1.96 bits per heavy atom. The lowest BCUT2D eigenvalue weighted by Crippen LogP contribution is -2.27. The molecule has 5 nitrogen and oxygen atoms in total. The van der Waals surface area contributed by atoms with Gasteiger partial charge in [0, 0.05) is 37.6 Å². The van der Waals surface area contributed by atoms with Crippen molar-refractivity contribution in [2.45, 2.75) is 6.54 Å². The summed E-state index contributed by atoms with van der Waals surface area (Å²) in [5.74, 6) is 0.389. The minimum absolute atomic E-state index is 0.261. The fourth-order valence-corrected chi connectivity index (χ4v) is 3.35. The van der Waals surface area contributed by atoms with Crippen LogP contribution in [0.3, 0.4) is 0 Å². The van der Waals surface area contributed by atoms with E-state index in [1.165, 1.54) is 12.1 Å². The lowest BCUT2D eigenvalue weighted by molar-refractivity contribution is 0.628. The molecule has 0 bridgehead atoms. The number of hydrogen-bond donors (Lipinski definition) is 0. The molecule has 2 aromatic heterocycles. The summed E-state index contributed by atoms with van der Waals surface area (Å²) in [6.07, 6.45) is 3.74. The molecule has 0 radical (unpaired) electrons. The third-order valence-corrected chi connectivity index (χ3v) is 4.63. The number of halogens is 2. The maximum absolute atomic E-state index is 13.2. The molecular weight excluding hydrogens is 353 g/mol. The fraction of sp³-hybridized carbons (Fsp3) is 0.105. The number of nitrogens with zero attached hydrogens (tertiary/aromatic N) is 5. The van der Waals surface area contributed by atoms with Crippen LogP contribution in [0.5, 0.6) is 0 Å². The summed E-state index contributed by atoms with van der Waals surface area (Å²) in [5.41, 5.74) is 4.70. The largest absolute Gasteiger partial charge is 0.340 e. The van der Waals surface area contributed by atoms with Crippen molar-refractivity contribution in [2.24, 2.45) is 10.2 Å². The van der Waals surface area contributed by atoms with Gasteiger partial charge in [-0.25, -0.2) is 9.37 Å². The summed E-state index contributed by atoms with van der Waals surface area (Å²) in [5, 5.41) is 8.38. The highest BCUT2D eigenvalue weighted by atomic mass is 35.5. The molecule has 1 aromatic carbocycles. The lowest BCUT2D eigenvalue weighted by Gasteiger charge is -2.19. The van der Waals surface area contributed by atoms with Gasteiger partial charge in [0.05, 0.1) is 17.6 Å². The molecular formula is C19H15ClFN5. The minimum Gasteiger partial charge on any atom is -0.340 e. The molecule has 0 fully saturated rings. The van der Waals surface area contributed by atoms with E-state index in [4.69, 9.17) is 11.6 Å². The number of aromatic nitrogens is 2. The third-order valence-electron chi connectivity index (χ3n) is 4.42. The highest BCUT2D eigenvalue weighted by Gasteiger charge is 2.24. The van der Waals surface area contributed by atoms with E-state index < -0.39 is 0 Å². The Hall–Kier alpha value is -2.99. The highest BCUT2D eigenvalue weighted by Crippen LogP contribution is 2.31. The molecule has 3 aromatic rings. The van der Waals surface area contributed by atoms with Gasteiger partial charge in [-0.05, 0) is 29.8 Å². The van der Waals surface area contributed by atoms with Crippen LogP contribution in [-0.4, -0.2) is 29.2 Å². The predicted molar refractivity (Wildman–Crippen MR) is 103 cm³/mol. The Bertz CT molecular complexity index is 1020. The van der Waals surface area contributed by atoms with Crippen molar-refractivity contribution < 1.29 is 4.39 Å². The van der Waals surface area contributed by atoms with Gasteiger partial charge in [-0.15, -0.1) is 5.10 Å². The molecule has 1 aliphatic rings. The van der Waals surface area contributed by atoms with Crippen molar-refractivity contribution in [3.8, 4) is 11.1 Å². The van der Waals surface area contributed by atoms with Crippen LogP contribution in [0.25, 0.3) is 11.1 Å². The average Bonchev–Trinajstić information content (AvgIpc) is 2.99. The van der Waals surface area contributed by atoms with Gasteiger partial charge in [0.25, 0.3) is 0 Å². The van der Waals surface area contributed by atoms with Crippen molar-refractivity contribution in [2.75, 3.05) is 11.9 Å². The van der Waals surface area contributed by atoms with Crippen LogP contribution in [0.15, 0.2) is 59.0 Å². The number of rotatable bonds is 2. The normalized spacial score (nSPS) is 14.7. The number of hydrogen-bond acceptors (Lipinski definition) is 3. The second-order valence-corrected chi connectivity index (χ2v) is 6.40. The Morgan fingerprint density at radius 3 is 2.69 bits per heavy atom. The Labute approximate surface area is 155 Å². The number of amidine groups is 1. The van der Waals surface area contributed by atoms with Gasteiger partial charge >= 0.3 is 0 Å². The lowest BCUT2D eigenvalue weighted by atomic mass is 10.1. The molecule has 0 aliphatic carbocycles. The molecule has 0 atom stereocenters. The zero-order valence-electron chi connectivity index (χ0n) is 14.0.